The predicted molar refractivity (Wildman–Crippen MR) is 73.8 cm³/mol. The summed E-state index contributed by atoms with van der Waals surface area (Å²) in [6.07, 6.45) is 1.56. The van der Waals surface area contributed by atoms with Crippen LogP contribution in [0.25, 0.3) is 0 Å². The number of hydrogen-bond donors (Lipinski definition) is 1. The van der Waals surface area contributed by atoms with Crippen molar-refractivity contribution in [3.63, 3.8) is 0 Å². The second-order valence-electron chi connectivity index (χ2n) is 4.84. The van der Waals surface area contributed by atoms with Crippen molar-refractivity contribution in [1.29, 1.82) is 0 Å². The number of carbonyl (C=O) groups excluding carboxylic acids is 2. The Kier molecular flexibility index (Phi) is 6.24. The van der Waals surface area contributed by atoms with Crippen molar-refractivity contribution in [3.05, 3.63) is 24.2 Å². The molecule has 1 heterocycles. The zero-order valence-electron chi connectivity index (χ0n) is 12.4. The Bertz CT molecular complexity index is 430. The molecule has 0 aliphatic rings. The second kappa shape index (κ2) is 7.69. The number of methoxy groups -OCH3 is 1. The van der Waals surface area contributed by atoms with Crippen molar-refractivity contribution in [3.8, 4) is 0 Å². The summed E-state index contributed by atoms with van der Waals surface area (Å²) in [7, 11) is 3.16. The van der Waals surface area contributed by atoms with Gasteiger partial charge >= 0.3 is 5.97 Å². The van der Waals surface area contributed by atoms with Gasteiger partial charge in [0.05, 0.1) is 31.9 Å². The molecule has 20 heavy (non-hydrogen) atoms. The van der Waals surface area contributed by atoms with Crippen molar-refractivity contribution < 1.29 is 18.7 Å². The van der Waals surface area contributed by atoms with E-state index in [0.717, 1.165) is 0 Å². The van der Waals surface area contributed by atoms with Crippen molar-refractivity contribution in [2.75, 3.05) is 20.7 Å². The lowest BCUT2D eigenvalue weighted by molar-refractivity contribution is -0.146. The third kappa shape index (κ3) is 4.70. The van der Waals surface area contributed by atoms with E-state index in [-0.39, 0.29) is 23.8 Å². The number of amides is 1. The number of likely N-dealkylation sites (N-methyl/N-ethyl adjacent to an activating group) is 1. The van der Waals surface area contributed by atoms with E-state index in [4.69, 9.17) is 4.42 Å². The largest absolute Gasteiger partial charge is 0.469 e. The summed E-state index contributed by atoms with van der Waals surface area (Å²) in [5.74, 6) is 0.0439. The molecule has 0 fully saturated rings. The Labute approximate surface area is 119 Å². The lowest BCUT2D eigenvalue weighted by atomic mass is 10.1. The van der Waals surface area contributed by atoms with E-state index in [1.807, 2.05) is 4.90 Å². The number of esters is 1. The van der Waals surface area contributed by atoms with Gasteiger partial charge in [-0.25, -0.2) is 0 Å². The Morgan fingerprint density at radius 1 is 1.45 bits per heavy atom. The van der Waals surface area contributed by atoms with Gasteiger partial charge in [-0.1, -0.05) is 6.92 Å². The zero-order valence-corrected chi connectivity index (χ0v) is 12.4. The van der Waals surface area contributed by atoms with E-state index in [2.05, 4.69) is 10.1 Å². The average molecular weight is 282 g/mol. The number of furan rings is 1. The molecule has 0 aromatic carbocycles. The van der Waals surface area contributed by atoms with Crippen LogP contribution in [0, 0.1) is 5.92 Å². The van der Waals surface area contributed by atoms with Crippen molar-refractivity contribution in [2.24, 2.45) is 5.92 Å². The minimum Gasteiger partial charge on any atom is -0.469 e. The first-order chi connectivity index (χ1) is 9.45. The van der Waals surface area contributed by atoms with E-state index >= 15 is 0 Å². The molecule has 0 bridgehead atoms. The average Bonchev–Trinajstić information content (AvgIpc) is 2.95. The molecular formula is C14H22N2O4. The second-order valence-corrected chi connectivity index (χ2v) is 4.84. The number of carbonyl (C=O) groups is 2. The molecule has 0 saturated heterocycles. The van der Waals surface area contributed by atoms with Crippen LogP contribution in [0.4, 0.5) is 0 Å². The van der Waals surface area contributed by atoms with Crippen molar-refractivity contribution >= 4 is 11.9 Å². The molecule has 112 valence electrons. The molecule has 1 rings (SSSR count). The highest BCUT2D eigenvalue weighted by molar-refractivity contribution is 5.81. The number of rotatable bonds is 7. The smallest absolute Gasteiger partial charge is 0.309 e. The lowest BCUT2D eigenvalue weighted by Crippen LogP contribution is -2.45. The van der Waals surface area contributed by atoms with Gasteiger partial charge in [0.1, 0.15) is 5.76 Å². The summed E-state index contributed by atoms with van der Waals surface area (Å²) < 4.78 is 9.82. The third-order valence-corrected chi connectivity index (χ3v) is 3.22. The maximum absolute atomic E-state index is 12.0. The van der Waals surface area contributed by atoms with Gasteiger partial charge in [-0.15, -0.1) is 0 Å². The Morgan fingerprint density at radius 3 is 2.70 bits per heavy atom. The van der Waals surface area contributed by atoms with Gasteiger partial charge in [0, 0.05) is 6.54 Å². The molecule has 0 aliphatic heterocycles. The topological polar surface area (TPSA) is 71.8 Å². The molecule has 2 atom stereocenters. The zero-order chi connectivity index (χ0) is 15.1. The number of nitrogens with one attached hydrogen (secondary N) is 1. The molecule has 1 aromatic rings. The minimum absolute atomic E-state index is 0.110. The van der Waals surface area contributed by atoms with Gasteiger partial charge in [-0.3, -0.25) is 14.5 Å². The predicted octanol–water partition coefficient (Wildman–Crippen LogP) is 1.03. The van der Waals surface area contributed by atoms with Crippen LogP contribution in [-0.2, 0) is 20.9 Å². The molecule has 1 aromatic heterocycles. The fourth-order valence-corrected chi connectivity index (χ4v) is 1.80. The summed E-state index contributed by atoms with van der Waals surface area (Å²) in [4.78, 5) is 25.2. The Morgan fingerprint density at radius 2 is 2.15 bits per heavy atom. The Balaban J connectivity index is 2.41. The first-order valence-corrected chi connectivity index (χ1v) is 6.53. The van der Waals surface area contributed by atoms with Gasteiger partial charge in [-0.05, 0) is 26.1 Å². The number of ether oxygens (including phenoxy) is 1. The first-order valence-electron chi connectivity index (χ1n) is 6.53. The maximum atomic E-state index is 12.0. The first kappa shape index (κ1) is 16.2. The standard InChI is InChI=1S/C14H22N2O4/c1-10(14(18)19-4)9-16(3)11(2)13(17)15-8-12-6-5-7-20-12/h5-7,10-11H,8-9H2,1-4H3,(H,15,17). The fourth-order valence-electron chi connectivity index (χ4n) is 1.80. The highest BCUT2D eigenvalue weighted by Crippen LogP contribution is 2.05. The maximum Gasteiger partial charge on any atom is 0.309 e. The highest BCUT2D eigenvalue weighted by atomic mass is 16.5. The molecule has 0 radical (unpaired) electrons. The molecule has 0 spiro atoms. The van der Waals surface area contributed by atoms with E-state index in [1.165, 1.54) is 7.11 Å². The molecule has 2 unspecified atom stereocenters. The number of nitrogens with zero attached hydrogens (tertiary/aromatic N) is 1. The molecule has 0 saturated carbocycles. The van der Waals surface area contributed by atoms with Crippen molar-refractivity contribution in [1.82, 2.24) is 10.2 Å². The summed E-state index contributed by atoms with van der Waals surface area (Å²) in [6, 6.07) is 3.24. The lowest BCUT2D eigenvalue weighted by Gasteiger charge is -2.25. The molecule has 6 heteroatoms. The normalized spacial score (nSPS) is 13.8. The molecule has 1 amide bonds. The summed E-state index contributed by atoms with van der Waals surface area (Å²) in [5.41, 5.74) is 0. The summed E-state index contributed by atoms with van der Waals surface area (Å²) in [6.45, 7) is 4.38. The van der Waals surface area contributed by atoms with Gasteiger partial charge in [0.2, 0.25) is 5.91 Å². The minimum atomic E-state index is -0.336. The van der Waals surface area contributed by atoms with E-state index in [0.29, 0.717) is 18.8 Å². The third-order valence-electron chi connectivity index (χ3n) is 3.22. The fraction of sp³-hybridized carbons (Fsp3) is 0.571. The van der Waals surface area contributed by atoms with E-state index in [9.17, 15) is 9.59 Å². The van der Waals surface area contributed by atoms with Crippen LogP contribution < -0.4 is 5.32 Å². The molecule has 6 nitrogen and oxygen atoms in total. The number of hydrogen-bond acceptors (Lipinski definition) is 5. The molecule has 1 N–H and O–H groups in total. The van der Waals surface area contributed by atoms with Gasteiger partial charge in [0.15, 0.2) is 0 Å². The molecule has 0 aliphatic carbocycles. The van der Waals surface area contributed by atoms with Gasteiger partial charge in [0.25, 0.3) is 0 Å². The van der Waals surface area contributed by atoms with Crippen LogP contribution in [-0.4, -0.2) is 43.5 Å². The van der Waals surface area contributed by atoms with Gasteiger partial charge < -0.3 is 14.5 Å². The van der Waals surface area contributed by atoms with Crippen LogP contribution in [0.1, 0.15) is 19.6 Å². The van der Waals surface area contributed by atoms with E-state index in [1.54, 1.807) is 39.3 Å². The van der Waals surface area contributed by atoms with Crippen LogP contribution in [0.5, 0.6) is 0 Å². The Hall–Kier alpha value is -1.82. The van der Waals surface area contributed by atoms with Crippen LogP contribution in [0.3, 0.4) is 0 Å². The summed E-state index contributed by atoms with van der Waals surface area (Å²) in [5, 5.41) is 2.79. The van der Waals surface area contributed by atoms with Crippen LogP contribution in [0.2, 0.25) is 0 Å². The SMILES string of the molecule is COC(=O)C(C)CN(C)C(C)C(=O)NCc1ccco1. The molecular weight excluding hydrogens is 260 g/mol. The van der Waals surface area contributed by atoms with Crippen LogP contribution >= 0.6 is 0 Å². The van der Waals surface area contributed by atoms with Crippen molar-refractivity contribution in [2.45, 2.75) is 26.4 Å². The quantitative estimate of drug-likeness (QED) is 0.756. The monoisotopic (exact) mass is 282 g/mol. The van der Waals surface area contributed by atoms with Gasteiger partial charge in [-0.2, -0.15) is 0 Å². The highest BCUT2D eigenvalue weighted by Gasteiger charge is 2.22. The van der Waals surface area contributed by atoms with Crippen LogP contribution in [0.15, 0.2) is 22.8 Å². The summed E-state index contributed by atoms with van der Waals surface area (Å²) >= 11 is 0. The van der Waals surface area contributed by atoms with E-state index < -0.39 is 0 Å².